The lowest BCUT2D eigenvalue weighted by Gasteiger charge is -2.43. The summed E-state index contributed by atoms with van der Waals surface area (Å²) in [5, 5.41) is 2.99. The van der Waals surface area contributed by atoms with E-state index in [1.165, 1.54) is 37.3 Å². The van der Waals surface area contributed by atoms with Crippen molar-refractivity contribution in [2.75, 3.05) is 13.1 Å². The first-order valence-corrected chi connectivity index (χ1v) is 13.4. The van der Waals surface area contributed by atoms with Gasteiger partial charge < -0.3 is 10.2 Å². The van der Waals surface area contributed by atoms with Gasteiger partial charge in [-0.2, -0.15) is 13.2 Å². The Labute approximate surface area is 212 Å². The highest BCUT2D eigenvalue weighted by atomic mass is 19.4. The molecule has 6 heteroatoms. The number of aryl methyl sites for hydroxylation is 1. The number of carbonyl (C=O) groups is 1. The second kappa shape index (κ2) is 9.51. The fourth-order valence-corrected chi connectivity index (χ4v) is 7.17. The molecule has 1 amide bonds. The van der Waals surface area contributed by atoms with Crippen LogP contribution in [-0.2, 0) is 29.4 Å². The topological polar surface area (TPSA) is 32.3 Å². The molecule has 0 aromatic heterocycles. The van der Waals surface area contributed by atoms with Crippen molar-refractivity contribution in [3.05, 3.63) is 70.8 Å². The standard InChI is InChI=1S/C30H37F3N2O/c1-21(2)29(27(36)34-20-22-6-5-8-24(18-22)30(31,32)33)13-11-25(19-29)35-16-14-28(15-17-35)12-10-23-7-3-4-9-26(23)28/h3-9,18,21,25H,10-17,19-20H2,1-2H3,(H,34,36). The van der Waals surface area contributed by atoms with Crippen LogP contribution in [0.25, 0.3) is 0 Å². The van der Waals surface area contributed by atoms with E-state index in [4.69, 9.17) is 0 Å². The average Bonchev–Trinajstić information content (AvgIpc) is 3.47. The van der Waals surface area contributed by atoms with Crippen molar-refractivity contribution < 1.29 is 18.0 Å². The van der Waals surface area contributed by atoms with Crippen molar-refractivity contribution in [3.8, 4) is 0 Å². The van der Waals surface area contributed by atoms with Gasteiger partial charge in [-0.15, -0.1) is 0 Å². The molecule has 36 heavy (non-hydrogen) atoms. The van der Waals surface area contributed by atoms with Crippen LogP contribution in [0.15, 0.2) is 48.5 Å². The molecule has 2 atom stereocenters. The lowest BCUT2D eigenvalue weighted by atomic mass is 9.73. The molecule has 3 aliphatic rings. The fourth-order valence-electron chi connectivity index (χ4n) is 7.17. The first-order chi connectivity index (χ1) is 17.1. The minimum Gasteiger partial charge on any atom is -0.352 e. The maximum absolute atomic E-state index is 13.5. The van der Waals surface area contributed by atoms with Crippen LogP contribution in [0.2, 0.25) is 0 Å². The number of likely N-dealkylation sites (tertiary alicyclic amines) is 1. The molecule has 1 heterocycles. The van der Waals surface area contributed by atoms with Crippen molar-refractivity contribution in [2.24, 2.45) is 11.3 Å². The number of benzene rings is 2. The first kappa shape index (κ1) is 25.3. The van der Waals surface area contributed by atoms with Gasteiger partial charge in [0.15, 0.2) is 0 Å². The summed E-state index contributed by atoms with van der Waals surface area (Å²) >= 11 is 0. The molecule has 5 rings (SSSR count). The van der Waals surface area contributed by atoms with Crippen LogP contribution < -0.4 is 5.32 Å². The number of carbonyl (C=O) groups excluding carboxylic acids is 1. The molecule has 0 bridgehead atoms. The van der Waals surface area contributed by atoms with Crippen molar-refractivity contribution in [1.82, 2.24) is 10.2 Å². The van der Waals surface area contributed by atoms with E-state index in [0.29, 0.717) is 17.0 Å². The summed E-state index contributed by atoms with van der Waals surface area (Å²) in [7, 11) is 0. The van der Waals surface area contributed by atoms with Gasteiger partial charge in [0.25, 0.3) is 0 Å². The van der Waals surface area contributed by atoms with E-state index in [2.05, 4.69) is 48.3 Å². The number of halogens is 3. The molecule has 1 saturated carbocycles. The predicted octanol–water partition coefficient (Wildman–Crippen LogP) is 6.50. The van der Waals surface area contributed by atoms with Crippen molar-refractivity contribution in [2.45, 2.75) is 83.0 Å². The van der Waals surface area contributed by atoms with E-state index < -0.39 is 17.2 Å². The third-order valence-corrected chi connectivity index (χ3v) is 9.52. The molecule has 1 saturated heterocycles. The molecule has 1 N–H and O–H groups in total. The van der Waals surface area contributed by atoms with Crippen molar-refractivity contribution in [1.29, 1.82) is 0 Å². The number of rotatable bonds is 5. The lowest BCUT2D eigenvalue weighted by molar-refractivity contribution is -0.137. The number of amides is 1. The Morgan fingerprint density at radius 2 is 1.81 bits per heavy atom. The number of hydrogen-bond donors (Lipinski definition) is 1. The Kier molecular flexibility index (Phi) is 6.69. The molecule has 2 fully saturated rings. The summed E-state index contributed by atoms with van der Waals surface area (Å²) in [6, 6.07) is 14.5. The Bertz CT molecular complexity index is 1100. The maximum atomic E-state index is 13.5. The van der Waals surface area contributed by atoms with Gasteiger partial charge in [-0.25, -0.2) is 0 Å². The lowest BCUT2D eigenvalue weighted by Crippen LogP contribution is -2.47. The first-order valence-electron chi connectivity index (χ1n) is 13.4. The van der Waals surface area contributed by atoms with Crippen LogP contribution in [-0.4, -0.2) is 29.9 Å². The molecular formula is C30H37F3N2O. The van der Waals surface area contributed by atoms with Crippen LogP contribution in [0.3, 0.4) is 0 Å². The van der Waals surface area contributed by atoms with Crippen LogP contribution >= 0.6 is 0 Å². The number of hydrogen-bond acceptors (Lipinski definition) is 2. The van der Waals surface area contributed by atoms with Crippen LogP contribution in [0.4, 0.5) is 13.2 Å². The van der Waals surface area contributed by atoms with Gasteiger partial charge >= 0.3 is 6.18 Å². The maximum Gasteiger partial charge on any atom is 0.416 e. The quantitative estimate of drug-likeness (QED) is 0.511. The van der Waals surface area contributed by atoms with E-state index in [0.717, 1.165) is 44.5 Å². The summed E-state index contributed by atoms with van der Waals surface area (Å²) in [6.45, 7) is 6.46. The smallest absolute Gasteiger partial charge is 0.352 e. The highest BCUT2D eigenvalue weighted by Gasteiger charge is 2.50. The third kappa shape index (κ3) is 4.57. The van der Waals surface area contributed by atoms with Gasteiger partial charge in [0.1, 0.15) is 0 Å². The normalized spacial score (nSPS) is 25.9. The summed E-state index contributed by atoms with van der Waals surface area (Å²) in [6.07, 6.45) is 3.05. The molecule has 1 aliphatic heterocycles. The number of nitrogens with one attached hydrogen (secondary N) is 1. The Morgan fingerprint density at radius 3 is 2.53 bits per heavy atom. The van der Waals surface area contributed by atoms with E-state index in [1.54, 1.807) is 11.6 Å². The second-order valence-electron chi connectivity index (χ2n) is 11.6. The molecular weight excluding hydrogens is 461 g/mol. The van der Waals surface area contributed by atoms with Gasteiger partial charge in [-0.1, -0.05) is 50.2 Å². The summed E-state index contributed by atoms with van der Waals surface area (Å²) in [5.41, 5.74) is 2.72. The van der Waals surface area contributed by atoms with Gasteiger partial charge in [0.2, 0.25) is 5.91 Å². The van der Waals surface area contributed by atoms with Gasteiger partial charge in [-0.05, 0) is 98.2 Å². The predicted molar refractivity (Wildman–Crippen MR) is 135 cm³/mol. The van der Waals surface area contributed by atoms with E-state index in [-0.39, 0.29) is 18.4 Å². The van der Waals surface area contributed by atoms with Crippen LogP contribution in [0, 0.1) is 11.3 Å². The molecule has 2 aromatic carbocycles. The third-order valence-electron chi connectivity index (χ3n) is 9.52. The average molecular weight is 499 g/mol. The van der Waals surface area contributed by atoms with Crippen molar-refractivity contribution >= 4 is 5.91 Å². The zero-order chi connectivity index (χ0) is 25.6. The minimum atomic E-state index is -4.38. The molecule has 2 unspecified atom stereocenters. The Hall–Kier alpha value is -2.34. The SMILES string of the molecule is CC(C)C1(C(=O)NCc2cccc(C(F)(F)F)c2)CCC(N2CCC3(CCc4ccccc43)CC2)C1. The van der Waals surface area contributed by atoms with Crippen molar-refractivity contribution in [3.63, 3.8) is 0 Å². The molecule has 3 nitrogen and oxygen atoms in total. The minimum absolute atomic E-state index is 0.0180. The number of alkyl halides is 3. The summed E-state index contributed by atoms with van der Waals surface area (Å²) in [5.74, 6) is 0.150. The van der Waals surface area contributed by atoms with Crippen LogP contribution in [0.1, 0.15) is 74.6 Å². The molecule has 2 aliphatic carbocycles. The zero-order valence-corrected chi connectivity index (χ0v) is 21.3. The molecule has 1 spiro atoms. The van der Waals surface area contributed by atoms with E-state index in [1.807, 2.05) is 0 Å². The summed E-state index contributed by atoms with van der Waals surface area (Å²) in [4.78, 5) is 16.1. The van der Waals surface area contributed by atoms with Gasteiger partial charge in [0, 0.05) is 12.6 Å². The van der Waals surface area contributed by atoms with Gasteiger partial charge in [-0.3, -0.25) is 4.79 Å². The van der Waals surface area contributed by atoms with Gasteiger partial charge in [0.05, 0.1) is 11.0 Å². The highest BCUT2D eigenvalue weighted by molar-refractivity contribution is 5.83. The number of piperidine rings is 1. The number of nitrogens with zero attached hydrogens (tertiary/aromatic N) is 1. The second-order valence-corrected chi connectivity index (χ2v) is 11.6. The zero-order valence-electron chi connectivity index (χ0n) is 21.3. The van der Waals surface area contributed by atoms with E-state index in [9.17, 15) is 18.0 Å². The van der Waals surface area contributed by atoms with E-state index >= 15 is 0 Å². The Balaban J connectivity index is 1.22. The largest absolute Gasteiger partial charge is 0.416 e. The fraction of sp³-hybridized carbons (Fsp3) is 0.567. The Morgan fingerprint density at radius 1 is 1.06 bits per heavy atom. The molecule has 0 radical (unpaired) electrons. The molecule has 2 aromatic rings. The number of fused-ring (bicyclic) bond motifs is 2. The summed E-state index contributed by atoms with van der Waals surface area (Å²) < 4.78 is 39.2. The highest BCUT2D eigenvalue weighted by Crippen LogP contribution is 2.50. The molecule has 194 valence electrons. The van der Waals surface area contributed by atoms with Crippen LogP contribution in [0.5, 0.6) is 0 Å². The monoisotopic (exact) mass is 498 g/mol.